The first-order chi connectivity index (χ1) is 16.4. The fourth-order valence-electron chi connectivity index (χ4n) is 4.28. The van der Waals surface area contributed by atoms with E-state index < -0.39 is 23.6 Å². The summed E-state index contributed by atoms with van der Waals surface area (Å²) in [5.41, 5.74) is 4.25. The summed E-state index contributed by atoms with van der Waals surface area (Å²) in [4.78, 5) is 26.9. The van der Waals surface area contributed by atoms with Crippen LogP contribution in [0.2, 0.25) is 0 Å². The second kappa shape index (κ2) is 8.81. The molecule has 1 N–H and O–H groups in total. The fourth-order valence-corrected chi connectivity index (χ4v) is 4.56. The lowest BCUT2D eigenvalue weighted by Crippen LogP contribution is -2.54. The maximum absolute atomic E-state index is 13.3. The van der Waals surface area contributed by atoms with Gasteiger partial charge in [-0.3, -0.25) is 19.8 Å². The average Bonchev–Trinajstić information content (AvgIpc) is 3.02. The van der Waals surface area contributed by atoms with Crippen molar-refractivity contribution in [2.24, 2.45) is 0 Å². The second-order valence-electron chi connectivity index (χ2n) is 8.51. The number of amides is 2. The number of alkyl halides is 3. The number of aromatic nitrogens is 1. The largest absolute Gasteiger partial charge is 0.416 e. The normalized spacial score (nSPS) is 15.7. The van der Waals surface area contributed by atoms with Crippen molar-refractivity contribution in [3.63, 3.8) is 0 Å². The lowest BCUT2D eigenvalue weighted by molar-refractivity contribution is -0.137. The van der Waals surface area contributed by atoms with Crippen molar-refractivity contribution >= 4 is 40.9 Å². The first kappa shape index (κ1) is 24.4. The van der Waals surface area contributed by atoms with E-state index in [2.05, 4.69) is 11.4 Å². The third kappa shape index (κ3) is 4.64. The highest BCUT2D eigenvalue weighted by Crippen LogP contribution is 2.33. The Morgan fingerprint density at radius 2 is 1.57 bits per heavy atom. The molecule has 0 aliphatic carbocycles. The molecule has 0 saturated carbocycles. The highest BCUT2D eigenvalue weighted by molar-refractivity contribution is 7.80. The Morgan fingerprint density at radius 1 is 0.914 bits per heavy atom. The van der Waals surface area contributed by atoms with Gasteiger partial charge in [-0.25, -0.2) is 0 Å². The first-order valence-electron chi connectivity index (χ1n) is 10.7. The standard InChI is InChI=1S/C26H22F3N3O2S/c1-14-8-15(2)10-21(9-14)31-16(3)11-18(17(31)4)12-22-23(33)30-25(35)32(24(22)34)20-7-5-6-19(13-20)26(27,28)29/h5-13H,1-4H3,(H,30,33,35)/b22-12+. The van der Waals surface area contributed by atoms with Gasteiger partial charge in [0.25, 0.3) is 11.8 Å². The van der Waals surface area contributed by atoms with Gasteiger partial charge in [0.1, 0.15) is 5.57 Å². The molecule has 0 spiro atoms. The zero-order valence-electron chi connectivity index (χ0n) is 19.4. The number of hydrogen-bond donors (Lipinski definition) is 1. The highest BCUT2D eigenvalue weighted by Gasteiger charge is 2.36. The Morgan fingerprint density at radius 3 is 2.20 bits per heavy atom. The van der Waals surface area contributed by atoms with Gasteiger partial charge in [-0.1, -0.05) is 12.1 Å². The minimum absolute atomic E-state index is 0.0820. The van der Waals surface area contributed by atoms with Crippen LogP contribution in [-0.2, 0) is 15.8 Å². The van der Waals surface area contributed by atoms with Gasteiger partial charge < -0.3 is 4.57 Å². The molecule has 0 atom stereocenters. The number of nitrogens with zero attached hydrogens (tertiary/aromatic N) is 2. The molecule has 1 aliphatic heterocycles. The van der Waals surface area contributed by atoms with Crippen LogP contribution in [0.25, 0.3) is 11.8 Å². The van der Waals surface area contributed by atoms with E-state index in [-0.39, 0.29) is 16.4 Å². The Hall–Kier alpha value is -3.72. The first-order valence-corrected chi connectivity index (χ1v) is 11.1. The van der Waals surface area contributed by atoms with Gasteiger partial charge >= 0.3 is 6.18 Å². The quantitative estimate of drug-likeness (QED) is 0.293. The van der Waals surface area contributed by atoms with Gasteiger partial charge in [0, 0.05) is 17.1 Å². The van der Waals surface area contributed by atoms with Crippen LogP contribution in [0, 0.1) is 27.7 Å². The predicted molar refractivity (Wildman–Crippen MR) is 132 cm³/mol. The third-order valence-corrected chi connectivity index (χ3v) is 6.05. The summed E-state index contributed by atoms with van der Waals surface area (Å²) in [5, 5.41) is 2.14. The Kier molecular flexibility index (Phi) is 6.14. The van der Waals surface area contributed by atoms with Crippen LogP contribution >= 0.6 is 12.2 Å². The number of nitrogens with one attached hydrogen (secondary N) is 1. The number of carbonyl (C=O) groups is 2. The number of thiocarbonyl (C=S) groups is 1. The predicted octanol–water partition coefficient (Wildman–Crippen LogP) is 5.56. The van der Waals surface area contributed by atoms with E-state index in [0.29, 0.717) is 5.56 Å². The number of rotatable bonds is 3. The fraction of sp³-hybridized carbons (Fsp3) is 0.192. The van der Waals surface area contributed by atoms with E-state index in [1.54, 1.807) is 0 Å². The molecule has 0 radical (unpaired) electrons. The third-order valence-electron chi connectivity index (χ3n) is 5.77. The number of carbonyl (C=O) groups excluding carboxylic acids is 2. The molecule has 1 aliphatic rings. The molecule has 5 nitrogen and oxygen atoms in total. The molecular weight excluding hydrogens is 475 g/mol. The minimum atomic E-state index is -4.59. The molecule has 2 aromatic carbocycles. The zero-order chi connectivity index (χ0) is 25.7. The Bertz CT molecular complexity index is 1400. The molecule has 2 heterocycles. The van der Waals surface area contributed by atoms with Crippen molar-refractivity contribution in [2.45, 2.75) is 33.9 Å². The van der Waals surface area contributed by atoms with Crippen LogP contribution in [0.4, 0.5) is 18.9 Å². The van der Waals surface area contributed by atoms with Gasteiger partial charge in [-0.2, -0.15) is 13.2 Å². The number of anilines is 1. The summed E-state index contributed by atoms with van der Waals surface area (Å²) in [5.74, 6) is -1.51. The summed E-state index contributed by atoms with van der Waals surface area (Å²) in [6.07, 6.45) is -3.15. The van der Waals surface area contributed by atoms with Crippen LogP contribution in [0.5, 0.6) is 0 Å². The van der Waals surface area contributed by atoms with Crippen molar-refractivity contribution < 1.29 is 22.8 Å². The minimum Gasteiger partial charge on any atom is -0.318 e. The van der Waals surface area contributed by atoms with Crippen molar-refractivity contribution in [2.75, 3.05) is 4.90 Å². The summed E-state index contributed by atoms with van der Waals surface area (Å²) in [6, 6.07) is 12.2. The summed E-state index contributed by atoms with van der Waals surface area (Å²) < 4.78 is 41.7. The summed E-state index contributed by atoms with van der Waals surface area (Å²) in [6.45, 7) is 7.80. The van der Waals surface area contributed by atoms with E-state index in [0.717, 1.165) is 45.2 Å². The van der Waals surface area contributed by atoms with Crippen molar-refractivity contribution in [3.05, 3.63) is 87.7 Å². The van der Waals surface area contributed by atoms with Crippen molar-refractivity contribution in [1.82, 2.24) is 9.88 Å². The maximum atomic E-state index is 13.3. The van der Waals surface area contributed by atoms with Gasteiger partial charge in [0.05, 0.1) is 11.3 Å². The van der Waals surface area contributed by atoms with E-state index >= 15 is 0 Å². The van der Waals surface area contributed by atoms with Gasteiger partial charge in [-0.05, 0) is 99.1 Å². The SMILES string of the molecule is Cc1cc(C)cc(-n2c(C)cc(/C=C3\C(=O)NC(=S)N(c4cccc(C(F)(F)F)c4)C3=O)c2C)c1. The molecule has 180 valence electrons. The maximum Gasteiger partial charge on any atom is 0.416 e. The van der Waals surface area contributed by atoms with E-state index in [9.17, 15) is 22.8 Å². The van der Waals surface area contributed by atoms with Gasteiger partial charge in [0.15, 0.2) is 5.11 Å². The monoisotopic (exact) mass is 497 g/mol. The van der Waals surface area contributed by atoms with E-state index in [1.165, 1.54) is 18.2 Å². The molecule has 0 bridgehead atoms. The molecular formula is C26H22F3N3O2S. The van der Waals surface area contributed by atoms with Crippen LogP contribution < -0.4 is 10.2 Å². The lowest BCUT2D eigenvalue weighted by Gasteiger charge is -2.29. The molecule has 3 aromatic rings. The summed E-state index contributed by atoms with van der Waals surface area (Å²) >= 11 is 5.12. The molecule has 4 rings (SSSR count). The second-order valence-corrected chi connectivity index (χ2v) is 8.90. The van der Waals surface area contributed by atoms with E-state index in [1.807, 2.05) is 50.5 Å². The Balaban J connectivity index is 1.77. The molecule has 0 unspecified atom stereocenters. The molecule has 1 fully saturated rings. The van der Waals surface area contributed by atoms with Crippen LogP contribution in [-0.4, -0.2) is 21.5 Å². The van der Waals surface area contributed by atoms with Crippen LogP contribution in [0.1, 0.15) is 33.6 Å². The Labute approximate surface area is 205 Å². The number of hydrogen-bond acceptors (Lipinski definition) is 3. The molecule has 35 heavy (non-hydrogen) atoms. The van der Waals surface area contributed by atoms with E-state index in [4.69, 9.17) is 12.2 Å². The molecule has 1 saturated heterocycles. The molecule has 2 amide bonds. The summed E-state index contributed by atoms with van der Waals surface area (Å²) in [7, 11) is 0. The number of benzene rings is 2. The van der Waals surface area contributed by atoms with Crippen molar-refractivity contribution in [3.8, 4) is 5.69 Å². The lowest BCUT2D eigenvalue weighted by atomic mass is 10.1. The topological polar surface area (TPSA) is 54.3 Å². The van der Waals surface area contributed by atoms with Crippen LogP contribution in [0.15, 0.2) is 54.1 Å². The average molecular weight is 498 g/mol. The molecule has 1 aromatic heterocycles. The number of aryl methyl sites for hydroxylation is 3. The van der Waals surface area contributed by atoms with Gasteiger partial charge in [0.2, 0.25) is 0 Å². The van der Waals surface area contributed by atoms with Crippen LogP contribution in [0.3, 0.4) is 0 Å². The zero-order valence-corrected chi connectivity index (χ0v) is 20.3. The smallest absolute Gasteiger partial charge is 0.318 e. The highest BCUT2D eigenvalue weighted by atomic mass is 32.1. The van der Waals surface area contributed by atoms with Gasteiger partial charge in [-0.15, -0.1) is 0 Å². The molecule has 9 heteroatoms. The number of halogens is 3. The van der Waals surface area contributed by atoms with Crippen molar-refractivity contribution in [1.29, 1.82) is 0 Å².